The van der Waals surface area contributed by atoms with E-state index >= 15 is 0 Å². The van der Waals surface area contributed by atoms with Gasteiger partial charge in [0.2, 0.25) is 5.91 Å². The molecule has 1 heterocycles. The molecule has 1 fully saturated rings. The van der Waals surface area contributed by atoms with Crippen molar-refractivity contribution in [2.24, 2.45) is 11.3 Å². The highest BCUT2D eigenvalue weighted by Crippen LogP contribution is 2.55. The highest BCUT2D eigenvalue weighted by atomic mass is 16.5. The Morgan fingerprint density at radius 1 is 1.00 bits per heavy atom. The fraction of sp³-hybridized carbons (Fsp3) is 0.179. The van der Waals surface area contributed by atoms with Crippen molar-refractivity contribution < 1.29 is 24.6 Å². The maximum absolute atomic E-state index is 11.8. The van der Waals surface area contributed by atoms with Crippen molar-refractivity contribution in [2.75, 3.05) is 0 Å². The summed E-state index contributed by atoms with van der Waals surface area (Å²) in [4.78, 5) is 28.3. The van der Waals surface area contributed by atoms with Crippen LogP contribution in [0.25, 0.3) is 22.2 Å². The Morgan fingerprint density at radius 2 is 1.71 bits per heavy atom. The van der Waals surface area contributed by atoms with Crippen LogP contribution in [-0.4, -0.2) is 27.2 Å². The number of nitrogens with zero attached hydrogens (tertiary/aromatic N) is 1. The van der Waals surface area contributed by atoms with Crippen LogP contribution < -0.4 is 10.2 Å². The van der Waals surface area contributed by atoms with Crippen molar-refractivity contribution in [3.63, 3.8) is 0 Å². The predicted molar refractivity (Wildman–Crippen MR) is 130 cm³/mol. The van der Waals surface area contributed by atoms with Crippen molar-refractivity contribution in [2.45, 2.75) is 19.4 Å². The molecule has 176 valence electrons. The van der Waals surface area contributed by atoms with Gasteiger partial charge in [-0.1, -0.05) is 60.7 Å². The summed E-state index contributed by atoms with van der Waals surface area (Å²) in [6.45, 7) is 0.347. The van der Waals surface area contributed by atoms with Crippen LogP contribution in [0, 0.1) is 11.3 Å². The Balaban J connectivity index is 1.33. The minimum atomic E-state index is -1.18. The normalized spacial score (nSPS) is 18.7. The number of ether oxygens (including phenoxy) is 1. The molecule has 7 nitrogen and oxygen atoms in total. The summed E-state index contributed by atoms with van der Waals surface area (Å²) in [7, 11) is 0. The van der Waals surface area contributed by atoms with E-state index in [0.29, 0.717) is 12.4 Å². The first-order chi connectivity index (χ1) is 17.0. The largest absolute Gasteiger partial charge is 0.489 e. The summed E-state index contributed by atoms with van der Waals surface area (Å²) in [5.41, 5.74) is 4.99. The molecule has 7 heteroatoms. The van der Waals surface area contributed by atoms with Gasteiger partial charge in [-0.2, -0.15) is 0 Å². The van der Waals surface area contributed by atoms with Gasteiger partial charge in [0.15, 0.2) is 0 Å². The summed E-state index contributed by atoms with van der Waals surface area (Å²) in [6, 6.07) is 27.2. The fourth-order valence-corrected chi connectivity index (χ4v) is 4.59. The number of benzene rings is 3. The fourth-order valence-electron chi connectivity index (χ4n) is 4.59. The monoisotopic (exact) mass is 468 g/mol. The van der Waals surface area contributed by atoms with Crippen LogP contribution in [0.2, 0.25) is 0 Å². The number of hydrogen-bond acceptors (Lipinski definition) is 5. The third kappa shape index (κ3) is 4.46. The lowest BCUT2D eigenvalue weighted by Crippen LogP contribution is -2.29. The van der Waals surface area contributed by atoms with E-state index in [1.165, 1.54) is 0 Å². The van der Waals surface area contributed by atoms with E-state index in [9.17, 15) is 14.7 Å². The molecule has 2 atom stereocenters. The third-order valence-corrected chi connectivity index (χ3v) is 6.64. The molecule has 0 aliphatic heterocycles. The van der Waals surface area contributed by atoms with Gasteiger partial charge < -0.3 is 9.84 Å². The predicted octanol–water partition coefficient (Wildman–Crippen LogP) is 4.62. The summed E-state index contributed by atoms with van der Waals surface area (Å²) >= 11 is 0. The molecule has 1 aromatic heterocycles. The van der Waals surface area contributed by atoms with E-state index < -0.39 is 23.2 Å². The first-order valence-electron chi connectivity index (χ1n) is 11.3. The second-order valence-corrected chi connectivity index (χ2v) is 8.85. The molecule has 1 saturated carbocycles. The lowest BCUT2D eigenvalue weighted by Gasteiger charge is -2.14. The average molecular weight is 469 g/mol. The Kier molecular flexibility index (Phi) is 5.93. The zero-order valence-corrected chi connectivity index (χ0v) is 18.8. The number of amides is 1. The van der Waals surface area contributed by atoms with Crippen molar-refractivity contribution >= 4 is 22.8 Å². The van der Waals surface area contributed by atoms with Crippen LogP contribution in [0.4, 0.5) is 0 Å². The SMILES string of the molecule is O=C(NO)[C@H]1C[C@]1(Cc1ccc(OCc2cc(-c3ccccc3)nc3ccccc23)cc1)C(=O)O. The van der Waals surface area contributed by atoms with Crippen LogP contribution in [0.15, 0.2) is 84.9 Å². The number of aliphatic carboxylic acids is 1. The first kappa shape index (κ1) is 22.6. The van der Waals surface area contributed by atoms with E-state index in [0.717, 1.165) is 33.3 Å². The second-order valence-electron chi connectivity index (χ2n) is 8.85. The topological polar surface area (TPSA) is 109 Å². The molecular weight excluding hydrogens is 444 g/mol. The number of carbonyl (C=O) groups excluding carboxylic acids is 1. The lowest BCUT2D eigenvalue weighted by atomic mass is 9.93. The van der Waals surface area contributed by atoms with Crippen LogP contribution >= 0.6 is 0 Å². The van der Waals surface area contributed by atoms with Gasteiger partial charge in [-0.05, 0) is 42.7 Å². The summed E-state index contributed by atoms with van der Waals surface area (Å²) in [5, 5.41) is 19.5. The Hall–Kier alpha value is -4.23. The molecule has 0 saturated heterocycles. The smallest absolute Gasteiger partial charge is 0.310 e. The van der Waals surface area contributed by atoms with Gasteiger partial charge in [-0.3, -0.25) is 14.8 Å². The number of carboxylic acids is 1. The van der Waals surface area contributed by atoms with Gasteiger partial charge in [0.05, 0.1) is 22.5 Å². The maximum Gasteiger partial charge on any atom is 0.310 e. The van der Waals surface area contributed by atoms with Gasteiger partial charge in [0, 0.05) is 16.5 Å². The van der Waals surface area contributed by atoms with Crippen LogP contribution in [0.1, 0.15) is 17.5 Å². The summed E-state index contributed by atoms with van der Waals surface area (Å²) in [6.07, 6.45) is 0.405. The second kappa shape index (κ2) is 9.19. The molecule has 0 spiro atoms. The number of para-hydroxylation sites is 1. The minimum Gasteiger partial charge on any atom is -0.489 e. The van der Waals surface area contributed by atoms with Gasteiger partial charge in [0.1, 0.15) is 12.4 Å². The van der Waals surface area contributed by atoms with E-state index in [1.807, 2.05) is 72.8 Å². The number of fused-ring (bicyclic) bond motifs is 1. The number of carboxylic acid groups (broad SMARTS) is 1. The number of rotatable bonds is 8. The molecule has 4 aromatic rings. The standard InChI is InChI=1S/C28H24N2O5/c31-26(30-34)23-16-28(23,27(32)33)15-18-10-12-21(13-11-18)35-17-20-14-25(19-6-2-1-3-7-19)29-24-9-5-4-8-22(20)24/h1-14,23,34H,15-17H2,(H,30,31)(H,32,33)/t23-,28+/m1/s1. The molecule has 35 heavy (non-hydrogen) atoms. The van der Waals surface area contributed by atoms with Crippen LogP contribution in [-0.2, 0) is 22.6 Å². The van der Waals surface area contributed by atoms with Crippen LogP contribution in [0.5, 0.6) is 5.75 Å². The molecule has 1 aliphatic rings. The van der Waals surface area contributed by atoms with Crippen molar-refractivity contribution in [1.29, 1.82) is 0 Å². The Morgan fingerprint density at radius 3 is 2.43 bits per heavy atom. The third-order valence-electron chi connectivity index (χ3n) is 6.64. The Bertz CT molecular complexity index is 1390. The summed E-state index contributed by atoms with van der Waals surface area (Å²) in [5.74, 6) is -1.78. The van der Waals surface area contributed by atoms with Gasteiger partial charge >= 0.3 is 5.97 Å². The minimum absolute atomic E-state index is 0.200. The molecule has 0 bridgehead atoms. The lowest BCUT2D eigenvalue weighted by molar-refractivity contribution is -0.146. The summed E-state index contributed by atoms with van der Waals surface area (Å²) < 4.78 is 6.07. The van der Waals surface area contributed by atoms with Crippen molar-refractivity contribution in [3.05, 3.63) is 96.1 Å². The maximum atomic E-state index is 11.8. The average Bonchev–Trinajstić information content (AvgIpc) is 3.63. The zero-order chi connectivity index (χ0) is 24.4. The number of carbonyl (C=O) groups is 2. The van der Waals surface area contributed by atoms with Crippen molar-refractivity contribution in [1.82, 2.24) is 10.5 Å². The first-order valence-corrected chi connectivity index (χ1v) is 11.3. The molecule has 1 amide bonds. The number of nitrogens with one attached hydrogen (secondary N) is 1. The molecule has 0 unspecified atom stereocenters. The van der Waals surface area contributed by atoms with E-state index in [4.69, 9.17) is 14.9 Å². The number of pyridine rings is 1. The van der Waals surface area contributed by atoms with Gasteiger partial charge in [0.25, 0.3) is 0 Å². The van der Waals surface area contributed by atoms with Gasteiger partial charge in [-0.25, -0.2) is 10.5 Å². The quantitative estimate of drug-likeness (QED) is 0.257. The van der Waals surface area contributed by atoms with Gasteiger partial charge in [-0.15, -0.1) is 0 Å². The molecule has 1 aliphatic carbocycles. The van der Waals surface area contributed by atoms with E-state index in [2.05, 4.69) is 0 Å². The highest BCUT2D eigenvalue weighted by molar-refractivity contribution is 5.92. The Labute approximate surface area is 202 Å². The molecular formula is C28H24N2O5. The van der Waals surface area contributed by atoms with E-state index in [1.54, 1.807) is 17.6 Å². The molecule has 3 N–H and O–H groups in total. The molecule has 0 radical (unpaired) electrons. The number of aromatic nitrogens is 1. The molecule has 3 aromatic carbocycles. The number of hydroxylamine groups is 1. The van der Waals surface area contributed by atoms with Crippen LogP contribution in [0.3, 0.4) is 0 Å². The number of hydrogen-bond donors (Lipinski definition) is 3. The van der Waals surface area contributed by atoms with Crippen molar-refractivity contribution in [3.8, 4) is 17.0 Å². The highest BCUT2D eigenvalue weighted by Gasteiger charge is 2.63. The zero-order valence-electron chi connectivity index (χ0n) is 18.8. The molecule has 5 rings (SSSR count). The van der Waals surface area contributed by atoms with E-state index in [-0.39, 0.29) is 12.8 Å².